The second kappa shape index (κ2) is 4.89. The van der Waals surface area contributed by atoms with E-state index in [0.717, 1.165) is 11.7 Å². The van der Waals surface area contributed by atoms with Crippen LogP contribution in [0.4, 0.5) is 5.69 Å². The lowest BCUT2D eigenvalue weighted by Gasteiger charge is -2.23. The highest BCUT2D eigenvalue weighted by Gasteiger charge is 2.27. The first-order valence-electron chi connectivity index (χ1n) is 5.73. The lowest BCUT2D eigenvalue weighted by molar-refractivity contribution is 0.329. The molecule has 5 heteroatoms. The highest BCUT2D eigenvalue weighted by Crippen LogP contribution is 2.23. The van der Waals surface area contributed by atoms with Crippen LogP contribution in [0.25, 0.3) is 0 Å². The summed E-state index contributed by atoms with van der Waals surface area (Å²) >= 11 is 5.23. The van der Waals surface area contributed by atoms with Gasteiger partial charge in [-0.1, -0.05) is 12.1 Å². The molecule has 0 aliphatic carbocycles. The Morgan fingerprint density at radius 1 is 1.29 bits per heavy atom. The molecule has 1 aliphatic heterocycles. The normalized spacial score (nSPS) is 19.4. The van der Waals surface area contributed by atoms with E-state index in [4.69, 9.17) is 12.2 Å². The molecule has 1 heterocycles. The zero-order valence-electron chi connectivity index (χ0n) is 10.4. The van der Waals surface area contributed by atoms with Crippen LogP contribution in [0.1, 0.15) is 18.7 Å². The monoisotopic (exact) mass is 250 g/mol. The van der Waals surface area contributed by atoms with Gasteiger partial charge in [-0.25, -0.2) is 5.43 Å². The van der Waals surface area contributed by atoms with E-state index in [1.807, 2.05) is 14.1 Å². The molecule has 1 atom stereocenters. The van der Waals surface area contributed by atoms with Crippen molar-refractivity contribution in [3.8, 4) is 0 Å². The maximum atomic E-state index is 5.23. The molecule has 1 saturated heterocycles. The van der Waals surface area contributed by atoms with Crippen LogP contribution in [0.15, 0.2) is 24.3 Å². The standard InChI is InChI=1S/C12H18N4S/c1-4-16-11(13-14-12(16)17)9-5-7-10(8-6-9)15(2)3/h5-8,11,13H,4H2,1-3H3,(H,14,17). The summed E-state index contributed by atoms with van der Waals surface area (Å²) < 4.78 is 0. The Morgan fingerprint density at radius 2 is 1.94 bits per heavy atom. The van der Waals surface area contributed by atoms with E-state index in [-0.39, 0.29) is 6.17 Å². The molecule has 1 unspecified atom stereocenters. The number of hydrogen-bond acceptors (Lipinski definition) is 3. The molecule has 4 nitrogen and oxygen atoms in total. The number of hydrogen-bond donors (Lipinski definition) is 2. The van der Waals surface area contributed by atoms with Crippen molar-refractivity contribution in [2.45, 2.75) is 13.1 Å². The molecule has 1 aromatic rings. The first-order chi connectivity index (χ1) is 8.13. The van der Waals surface area contributed by atoms with Gasteiger partial charge in [0.1, 0.15) is 6.17 Å². The number of nitrogens with one attached hydrogen (secondary N) is 2. The maximum Gasteiger partial charge on any atom is 0.185 e. The summed E-state index contributed by atoms with van der Waals surface area (Å²) in [5, 5.41) is 0.759. The minimum atomic E-state index is 0.128. The Kier molecular flexibility index (Phi) is 3.49. The number of anilines is 1. The SMILES string of the molecule is CCN1C(=S)NNC1c1ccc(N(C)C)cc1. The molecular formula is C12H18N4S. The summed E-state index contributed by atoms with van der Waals surface area (Å²) in [6.45, 7) is 2.99. The molecular weight excluding hydrogens is 232 g/mol. The van der Waals surface area contributed by atoms with Gasteiger partial charge in [0, 0.05) is 26.3 Å². The zero-order chi connectivity index (χ0) is 12.4. The summed E-state index contributed by atoms with van der Waals surface area (Å²) in [5.41, 5.74) is 8.61. The fraction of sp³-hybridized carbons (Fsp3) is 0.417. The summed E-state index contributed by atoms with van der Waals surface area (Å²) in [4.78, 5) is 4.21. The second-order valence-corrected chi connectivity index (χ2v) is 4.64. The molecule has 0 bridgehead atoms. The second-order valence-electron chi connectivity index (χ2n) is 4.25. The van der Waals surface area contributed by atoms with E-state index < -0.39 is 0 Å². The van der Waals surface area contributed by atoms with E-state index in [2.05, 4.69) is 51.8 Å². The first kappa shape index (κ1) is 12.1. The van der Waals surface area contributed by atoms with Crippen LogP contribution in [0.2, 0.25) is 0 Å². The van der Waals surface area contributed by atoms with Crippen molar-refractivity contribution >= 4 is 23.0 Å². The van der Waals surface area contributed by atoms with Gasteiger partial charge in [-0.3, -0.25) is 5.43 Å². The van der Waals surface area contributed by atoms with Gasteiger partial charge < -0.3 is 9.80 Å². The molecule has 1 fully saturated rings. The number of thiocarbonyl (C=S) groups is 1. The zero-order valence-corrected chi connectivity index (χ0v) is 11.2. The van der Waals surface area contributed by atoms with Gasteiger partial charge in [0.2, 0.25) is 0 Å². The average Bonchev–Trinajstić information content (AvgIpc) is 2.70. The topological polar surface area (TPSA) is 30.5 Å². The van der Waals surface area contributed by atoms with Gasteiger partial charge in [-0.15, -0.1) is 0 Å². The molecule has 2 N–H and O–H groups in total. The molecule has 0 aromatic heterocycles. The maximum absolute atomic E-state index is 5.23. The van der Waals surface area contributed by atoms with Crippen LogP contribution in [-0.2, 0) is 0 Å². The molecule has 2 rings (SSSR count). The Morgan fingerprint density at radius 3 is 2.47 bits per heavy atom. The predicted molar refractivity (Wildman–Crippen MR) is 74.8 cm³/mol. The third-order valence-electron chi connectivity index (χ3n) is 2.95. The molecule has 92 valence electrons. The van der Waals surface area contributed by atoms with Crippen LogP contribution >= 0.6 is 12.2 Å². The van der Waals surface area contributed by atoms with Crippen molar-refractivity contribution in [2.24, 2.45) is 0 Å². The molecule has 0 amide bonds. The average molecular weight is 250 g/mol. The minimum Gasteiger partial charge on any atom is -0.378 e. The third-order valence-corrected chi connectivity index (χ3v) is 3.29. The van der Waals surface area contributed by atoms with Gasteiger partial charge in [0.05, 0.1) is 0 Å². The van der Waals surface area contributed by atoms with E-state index in [1.54, 1.807) is 0 Å². The summed E-state index contributed by atoms with van der Waals surface area (Å²) in [6.07, 6.45) is 0.128. The number of benzene rings is 1. The molecule has 0 radical (unpaired) electrons. The van der Waals surface area contributed by atoms with Crippen LogP contribution in [-0.4, -0.2) is 30.7 Å². The predicted octanol–water partition coefficient (Wildman–Crippen LogP) is 1.47. The largest absolute Gasteiger partial charge is 0.378 e. The van der Waals surface area contributed by atoms with E-state index >= 15 is 0 Å². The Bertz CT molecular complexity index is 401. The van der Waals surface area contributed by atoms with Crippen molar-refractivity contribution in [1.82, 2.24) is 15.8 Å². The summed E-state index contributed by atoms with van der Waals surface area (Å²) in [7, 11) is 4.08. The first-order valence-corrected chi connectivity index (χ1v) is 6.13. The highest BCUT2D eigenvalue weighted by atomic mass is 32.1. The summed E-state index contributed by atoms with van der Waals surface area (Å²) in [6, 6.07) is 8.50. The van der Waals surface area contributed by atoms with E-state index in [9.17, 15) is 0 Å². The van der Waals surface area contributed by atoms with Crippen molar-refractivity contribution in [2.75, 3.05) is 25.5 Å². The fourth-order valence-electron chi connectivity index (χ4n) is 1.94. The van der Waals surface area contributed by atoms with E-state index in [1.165, 1.54) is 11.3 Å². The quantitative estimate of drug-likeness (QED) is 0.793. The molecule has 17 heavy (non-hydrogen) atoms. The van der Waals surface area contributed by atoms with Crippen molar-refractivity contribution in [3.63, 3.8) is 0 Å². The Balaban J connectivity index is 2.20. The number of hydrazine groups is 1. The van der Waals surface area contributed by atoms with Crippen LogP contribution in [0.3, 0.4) is 0 Å². The Hall–Kier alpha value is -1.33. The van der Waals surface area contributed by atoms with Gasteiger partial charge in [-0.2, -0.15) is 0 Å². The summed E-state index contributed by atoms with van der Waals surface area (Å²) in [5.74, 6) is 0. The van der Waals surface area contributed by atoms with Crippen LogP contribution in [0, 0.1) is 0 Å². The van der Waals surface area contributed by atoms with Crippen molar-refractivity contribution < 1.29 is 0 Å². The van der Waals surface area contributed by atoms with E-state index in [0.29, 0.717) is 0 Å². The highest BCUT2D eigenvalue weighted by molar-refractivity contribution is 7.80. The molecule has 0 spiro atoms. The van der Waals surface area contributed by atoms with Gasteiger partial charge in [-0.05, 0) is 36.8 Å². The molecule has 0 saturated carbocycles. The van der Waals surface area contributed by atoms with Gasteiger partial charge in [0.15, 0.2) is 5.11 Å². The number of nitrogens with zero attached hydrogens (tertiary/aromatic N) is 2. The number of rotatable bonds is 3. The smallest absolute Gasteiger partial charge is 0.185 e. The fourth-order valence-corrected chi connectivity index (χ4v) is 2.23. The molecule has 1 aromatic carbocycles. The van der Waals surface area contributed by atoms with Crippen LogP contribution < -0.4 is 15.8 Å². The van der Waals surface area contributed by atoms with Crippen molar-refractivity contribution in [3.05, 3.63) is 29.8 Å². The lowest BCUT2D eigenvalue weighted by Crippen LogP contribution is -2.29. The molecule has 1 aliphatic rings. The minimum absolute atomic E-state index is 0.128. The lowest BCUT2D eigenvalue weighted by atomic mass is 10.1. The van der Waals surface area contributed by atoms with Gasteiger partial charge >= 0.3 is 0 Å². The Labute approximate surface area is 108 Å². The van der Waals surface area contributed by atoms with Crippen LogP contribution in [0.5, 0.6) is 0 Å². The van der Waals surface area contributed by atoms with Crippen molar-refractivity contribution in [1.29, 1.82) is 0 Å². The van der Waals surface area contributed by atoms with Gasteiger partial charge in [0.25, 0.3) is 0 Å². The third kappa shape index (κ3) is 2.35.